The van der Waals surface area contributed by atoms with Crippen LogP contribution in [0.1, 0.15) is 33.6 Å². The molecule has 0 aromatic carbocycles. The number of amides is 2. The van der Waals surface area contributed by atoms with Gasteiger partial charge < -0.3 is 24.4 Å². The normalized spacial score (nSPS) is 24.6. The monoisotopic (exact) mass is 357 g/mol. The Bertz CT molecular complexity index is 465. The lowest BCUT2D eigenvalue weighted by Crippen LogP contribution is -2.51. The third-order valence-electron chi connectivity index (χ3n) is 4.70. The summed E-state index contributed by atoms with van der Waals surface area (Å²) < 4.78 is 11.2. The Morgan fingerprint density at radius 2 is 1.76 bits per heavy atom. The van der Waals surface area contributed by atoms with E-state index in [1.165, 1.54) is 4.90 Å². The van der Waals surface area contributed by atoms with E-state index in [1.54, 1.807) is 11.9 Å². The number of carbonyl (C=O) groups excluding carboxylic acids is 1. The number of nitrogens with zero attached hydrogens (tertiary/aromatic N) is 3. The van der Waals surface area contributed by atoms with Gasteiger partial charge in [0, 0.05) is 45.8 Å². The molecule has 1 aliphatic heterocycles. The molecule has 2 rings (SSSR count). The van der Waals surface area contributed by atoms with Crippen molar-refractivity contribution in [2.45, 2.75) is 51.4 Å². The number of carboxylic acid groups (broad SMARTS) is 1. The van der Waals surface area contributed by atoms with Gasteiger partial charge in [0.15, 0.2) is 0 Å². The standard InChI is InChI=1S/C17H31N3O5/c1-17(2,3)25-16(23)18(4)13-11-14(12-13)24-10-9-19-5-7-20(8-6-19)15(21)22/h13-14H,5-12H2,1-4H3,(H,21,22). The maximum atomic E-state index is 12.0. The molecule has 1 saturated carbocycles. The minimum atomic E-state index is -0.842. The van der Waals surface area contributed by atoms with Gasteiger partial charge in [0.2, 0.25) is 0 Å². The third-order valence-corrected chi connectivity index (χ3v) is 4.70. The summed E-state index contributed by atoms with van der Waals surface area (Å²) in [5.74, 6) is 0. The molecule has 2 amide bonds. The highest BCUT2D eigenvalue weighted by atomic mass is 16.6. The van der Waals surface area contributed by atoms with Gasteiger partial charge in [-0.05, 0) is 33.6 Å². The van der Waals surface area contributed by atoms with Gasteiger partial charge in [-0.3, -0.25) is 4.90 Å². The minimum Gasteiger partial charge on any atom is -0.465 e. The molecule has 0 atom stereocenters. The van der Waals surface area contributed by atoms with Crippen molar-refractivity contribution < 1.29 is 24.2 Å². The minimum absolute atomic E-state index is 0.180. The van der Waals surface area contributed by atoms with E-state index in [1.807, 2.05) is 20.8 Å². The van der Waals surface area contributed by atoms with Gasteiger partial charge in [-0.15, -0.1) is 0 Å². The summed E-state index contributed by atoms with van der Waals surface area (Å²) in [7, 11) is 1.77. The molecule has 0 spiro atoms. The molecule has 25 heavy (non-hydrogen) atoms. The number of hydrogen-bond acceptors (Lipinski definition) is 5. The molecular weight excluding hydrogens is 326 g/mol. The fraction of sp³-hybridized carbons (Fsp3) is 0.882. The Morgan fingerprint density at radius 1 is 1.16 bits per heavy atom. The average molecular weight is 357 g/mol. The van der Waals surface area contributed by atoms with E-state index in [0.717, 1.165) is 32.5 Å². The van der Waals surface area contributed by atoms with Crippen LogP contribution in [0, 0.1) is 0 Å². The van der Waals surface area contributed by atoms with E-state index in [-0.39, 0.29) is 18.2 Å². The van der Waals surface area contributed by atoms with E-state index in [4.69, 9.17) is 14.6 Å². The first-order chi connectivity index (χ1) is 11.7. The predicted octanol–water partition coefficient (Wildman–Crippen LogP) is 1.70. The Morgan fingerprint density at radius 3 is 2.28 bits per heavy atom. The van der Waals surface area contributed by atoms with Crippen LogP contribution in [0.15, 0.2) is 0 Å². The van der Waals surface area contributed by atoms with Crippen molar-refractivity contribution in [3.05, 3.63) is 0 Å². The highest BCUT2D eigenvalue weighted by Gasteiger charge is 2.36. The Labute approximate surface area is 149 Å². The van der Waals surface area contributed by atoms with Crippen LogP contribution in [0.5, 0.6) is 0 Å². The molecule has 1 heterocycles. The molecule has 1 saturated heterocycles. The maximum Gasteiger partial charge on any atom is 0.410 e. The van der Waals surface area contributed by atoms with Crippen molar-refractivity contribution in [3.63, 3.8) is 0 Å². The summed E-state index contributed by atoms with van der Waals surface area (Å²) in [5.41, 5.74) is -0.477. The molecule has 144 valence electrons. The Hall–Kier alpha value is -1.54. The quantitative estimate of drug-likeness (QED) is 0.806. The van der Waals surface area contributed by atoms with Crippen molar-refractivity contribution in [2.24, 2.45) is 0 Å². The first-order valence-corrected chi connectivity index (χ1v) is 8.93. The molecule has 0 unspecified atom stereocenters. The molecule has 0 aromatic heterocycles. The number of rotatable bonds is 5. The number of piperazine rings is 1. The maximum absolute atomic E-state index is 12.0. The van der Waals surface area contributed by atoms with Gasteiger partial charge in [-0.25, -0.2) is 9.59 Å². The molecule has 0 bridgehead atoms. The fourth-order valence-electron chi connectivity index (χ4n) is 2.98. The summed E-state index contributed by atoms with van der Waals surface area (Å²) in [4.78, 5) is 28.2. The lowest BCUT2D eigenvalue weighted by Gasteiger charge is -2.41. The summed E-state index contributed by atoms with van der Waals surface area (Å²) in [6.07, 6.45) is 0.735. The van der Waals surface area contributed by atoms with E-state index >= 15 is 0 Å². The molecule has 2 aliphatic rings. The fourth-order valence-corrected chi connectivity index (χ4v) is 2.98. The van der Waals surface area contributed by atoms with E-state index in [0.29, 0.717) is 19.7 Å². The second-order valence-corrected chi connectivity index (χ2v) is 7.82. The first-order valence-electron chi connectivity index (χ1n) is 8.93. The zero-order chi connectivity index (χ0) is 18.6. The lowest BCUT2D eigenvalue weighted by molar-refractivity contribution is -0.0565. The Balaban J connectivity index is 1.57. The van der Waals surface area contributed by atoms with Gasteiger partial charge >= 0.3 is 12.2 Å². The Kier molecular flexibility index (Phi) is 6.51. The van der Waals surface area contributed by atoms with Crippen LogP contribution in [0.4, 0.5) is 9.59 Å². The van der Waals surface area contributed by atoms with E-state index < -0.39 is 11.7 Å². The zero-order valence-electron chi connectivity index (χ0n) is 15.7. The van der Waals surface area contributed by atoms with E-state index in [2.05, 4.69) is 4.90 Å². The molecular formula is C17H31N3O5. The average Bonchev–Trinajstić information content (AvgIpc) is 2.47. The predicted molar refractivity (Wildman–Crippen MR) is 92.8 cm³/mol. The van der Waals surface area contributed by atoms with Crippen LogP contribution in [0.25, 0.3) is 0 Å². The zero-order valence-corrected chi connectivity index (χ0v) is 15.7. The molecule has 0 aromatic rings. The van der Waals surface area contributed by atoms with Crippen molar-refractivity contribution in [2.75, 3.05) is 46.4 Å². The molecule has 8 nitrogen and oxygen atoms in total. The third kappa shape index (κ3) is 6.04. The molecule has 1 N–H and O–H groups in total. The summed E-state index contributed by atoms with van der Waals surface area (Å²) in [6, 6.07) is 0.180. The number of carbonyl (C=O) groups is 2. The van der Waals surface area contributed by atoms with Gasteiger partial charge in [-0.2, -0.15) is 0 Å². The second-order valence-electron chi connectivity index (χ2n) is 7.82. The topological polar surface area (TPSA) is 82.6 Å². The van der Waals surface area contributed by atoms with Crippen LogP contribution < -0.4 is 0 Å². The van der Waals surface area contributed by atoms with Crippen molar-refractivity contribution in [1.29, 1.82) is 0 Å². The number of ether oxygens (including phenoxy) is 2. The smallest absolute Gasteiger partial charge is 0.410 e. The van der Waals surface area contributed by atoms with Gasteiger partial charge in [0.05, 0.1) is 12.7 Å². The van der Waals surface area contributed by atoms with E-state index in [9.17, 15) is 9.59 Å². The molecule has 0 radical (unpaired) electrons. The van der Waals surface area contributed by atoms with Gasteiger partial charge in [0.25, 0.3) is 0 Å². The van der Waals surface area contributed by atoms with Crippen molar-refractivity contribution in [1.82, 2.24) is 14.7 Å². The van der Waals surface area contributed by atoms with Crippen LogP contribution in [-0.2, 0) is 9.47 Å². The summed E-state index contributed by atoms with van der Waals surface area (Å²) >= 11 is 0. The highest BCUT2D eigenvalue weighted by molar-refractivity contribution is 5.68. The number of hydrogen-bond donors (Lipinski definition) is 1. The largest absolute Gasteiger partial charge is 0.465 e. The molecule has 1 aliphatic carbocycles. The molecule has 2 fully saturated rings. The van der Waals surface area contributed by atoms with Crippen LogP contribution >= 0.6 is 0 Å². The SMILES string of the molecule is CN(C(=O)OC(C)(C)C)C1CC(OCCN2CCN(C(=O)O)CC2)C1. The second kappa shape index (κ2) is 8.23. The summed E-state index contributed by atoms with van der Waals surface area (Å²) in [6.45, 7) is 9.67. The van der Waals surface area contributed by atoms with Crippen molar-refractivity contribution >= 4 is 12.2 Å². The van der Waals surface area contributed by atoms with Crippen LogP contribution in [0.2, 0.25) is 0 Å². The van der Waals surface area contributed by atoms with Crippen LogP contribution in [0.3, 0.4) is 0 Å². The molecule has 8 heteroatoms. The first kappa shape index (κ1) is 19.8. The summed E-state index contributed by atoms with van der Waals surface area (Å²) in [5, 5.41) is 8.93. The lowest BCUT2D eigenvalue weighted by atomic mass is 9.88. The van der Waals surface area contributed by atoms with Crippen LogP contribution in [-0.4, -0.2) is 96.1 Å². The van der Waals surface area contributed by atoms with Gasteiger partial charge in [0.1, 0.15) is 5.60 Å². The van der Waals surface area contributed by atoms with Crippen molar-refractivity contribution in [3.8, 4) is 0 Å². The highest BCUT2D eigenvalue weighted by Crippen LogP contribution is 2.28. The van der Waals surface area contributed by atoms with Gasteiger partial charge in [-0.1, -0.05) is 0 Å².